The van der Waals surface area contributed by atoms with Gasteiger partial charge in [0.25, 0.3) is 0 Å². The fourth-order valence-corrected chi connectivity index (χ4v) is 10.2. The zero-order valence-electron chi connectivity index (χ0n) is 31.9. The van der Waals surface area contributed by atoms with E-state index in [4.69, 9.17) is 24.2 Å². The summed E-state index contributed by atoms with van der Waals surface area (Å²) < 4.78 is 50.7. The van der Waals surface area contributed by atoms with Gasteiger partial charge in [-0.1, -0.05) is 19.4 Å². The number of hydrogen-bond acceptors (Lipinski definition) is 10. The quantitative estimate of drug-likeness (QED) is 0.192. The zero-order chi connectivity index (χ0) is 37.8. The second kappa shape index (κ2) is 14.7. The molecule has 2 aromatic heterocycles. The number of benzene rings is 2. The number of ether oxygens (including phenoxy) is 3. The molecular formula is C42H53F2N5O5. The average Bonchev–Trinajstić information content (AvgIpc) is 3.48. The number of piperidine rings is 1. The van der Waals surface area contributed by atoms with Crippen LogP contribution in [-0.2, 0) is 15.9 Å². The molecule has 4 aliphatic rings. The minimum atomic E-state index is -1.18. The van der Waals surface area contributed by atoms with E-state index in [1.807, 2.05) is 11.8 Å². The number of phenols is 1. The Kier molecular flexibility index (Phi) is 10.2. The van der Waals surface area contributed by atoms with Gasteiger partial charge in [0.05, 0.1) is 44.0 Å². The van der Waals surface area contributed by atoms with Gasteiger partial charge in [0.1, 0.15) is 34.2 Å². The Balaban J connectivity index is 1.18. The summed E-state index contributed by atoms with van der Waals surface area (Å²) in [5.41, 5.74) is -0.608. The number of aromatic hydroxyl groups is 1. The molecule has 0 amide bonds. The maximum absolute atomic E-state index is 17.2. The van der Waals surface area contributed by atoms with E-state index >= 15 is 8.78 Å². The molecule has 1 aliphatic carbocycles. The molecule has 0 spiro atoms. The first-order valence-electron chi connectivity index (χ1n) is 19.8. The summed E-state index contributed by atoms with van der Waals surface area (Å²) in [6, 6.07) is 6.36. The lowest BCUT2D eigenvalue weighted by Gasteiger charge is -2.48. The van der Waals surface area contributed by atoms with Crippen LogP contribution in [0.4, 0.5) is 14.6 Å². The first kappa shape index (κ1) is 37.2. The van der Waals surface area contributed by atoms with Crippen molar-refractivity contribution in [3.8, 4) is 23.0 Å². The highest BCUT2D eigenvalue weighted by Gasteiger charge is 2.49. The van der Waals surface area contributed by atoms with Gasteiger partial charge in [-0.15, -0.1) is 0 Å². The fraction of sp³-hybridized carbons (Fsp3) is 0.595. The SMILES string of the molecule is CCc1c(F)ccc2cc(O)cc(-c3ncc4c(N5CCOC[C@@](C)(O)C5)nc(OC[C@]56CCC[C@H]5N(CC5C[C@@H](C)O[C@@H](C)C5)CCC6)nc4c3F)c12. The molecule has 8 rings (SSSR count). The number of β-amino-alcohol motifs (C(OH)–C–C–N with tert-alkyl or cyclic N) is 1. The predicted molar refractivity (Wildman–Crippen MR) is 204 cm³/mol. The summed E-state index contributed by atoms with van der Waals surface area (Å²) in [7, 11) is 0. The van der Waals surface area contributed by atoms with Crippen LogP contribution in [0.1, 0.15) is 78.2 Å². The summed E-state index contributed by atoms with van der Waals surface area (Å²) in [5.74, 6) is -0.219. The monoisotopic (exact) mass is 745 g/mol. The Hall–Kier alpha value is -3.71. The van der Waals surface area contributed by atoms with Crippen molar-refractivity contribution < 1.29 is 33.2 Å². The number of aryl methyl sites for hydroxylation is 1. The highest BCUT2D eigenvalue weighted by atomic mass is 19.1. The number of fused-ring (bicyclic) bond motifs is 3. The van der Waals surface area contributed by atoms with Crippen molar-refractivity contribution in [3.05, 3.63) is 47.7 Å². The van der Waals surface area contributed by atoms with Crippen molar-refractivity contribution in [2.24, 2.45) is 11.3 Å². The number of aromatic nitrogens is 3. The van der Waals surface area contributed by atoms with Crippen LogP contribution in [0.2, 0.25) is 0 Å². The number of hydrogen-bond donors (Lipinski definition) is 2. The number of rotatable bonds is 8. The van der Waals surface area contributed by atoms with Gasteiger partial charge in [0, 0.05) is 36.3 Å². The van der Waals surface area contributed by atoms with E-state index in [0.29, 0.717) is 65.7 Å². The predicted octanol–water partition coefficient (Wildman–Crippen LogP) is 7.20. The number of aliphatic hydroxyl groups is 1. The van der Waals surface area contributed by atoms with Crippen LogP contribution in [0.3, 0.4) is 0 Å². The summed E-state index contributed by atoms with van der Waals surface area (Å²) >= 11 is 0. The third kappa shape index (κ3) is 7.10. The Morgan fingerprint density at radius 1 is 1.06 bits per heavy atom. The molecular weight excluding hydrogens is 692 g/mol. The number of phenolic OH excluding ortho intramolecular Hbond substituents is 1. The molecule has 290 valence electrons. The summed E-state index contributed by atoms with van der Waals surface area (Å²) in [5, 5.41) is 23.3. The van der Waals surface area contributed by atoms with Crippen LogP contribution in [0.5, 0.6) is 11.8 Å². The van der Waals surface area contributed by atoms with Crippen LogP contribution in [-0.4, -0.2) is 99.9 Å². The topological polar surface area (TPSA) is 113 Å². The minimum absolute atomic E-state index is 0.00394. The normalized spacial score (nSPS) is 29.4. The molecule has 3 aliphatic heterocycles. The molecule has 2 aromatic carbocycles. The molecule has 0 radical (unpaired) electrons. The molecule has 1 unspecified atom stereocenters. The zero-order valence-corrected chi connectivity index (χ0v) is 31.9. The second-order valence-electron chi connectivity index (χ2n) is 16.7. The van der Waals surface area contributed by atoms with Crippen molar-refractivity contribution in [3.63, 3.8) is 0 Å². The maximum Gasteiger partial charge on any atom is 0.319 e. The van der Waals surface area contributed by atoms with E-state index in [0.717, 1.165) is 58.0 Å². The fourth-order valence-electron chi connectivity index (χ4n) is 10.2. The van der Waals surface area contributed by atoms with E-state index in [2.05, 4.69) is 23.7 Å². The number of anilines is 1. The number of halogens is 2. The molecule has 54 heavy (non-hydrogen) atoms. The maximum atomic E-state index is 17.2. The van der Waals surface area contributed by atoms with E-state index in [1.54, 1.807) is 19.1 Å². The largest absolute Gasteiger partial charge is 0.508 e. The van der Waals surface area contributed by atoms with Crippen LogP contribution in [0.25, 0.3) is 32.9 Å². The van der Waals surface area contributed by atoms with Gasteiger partial charge in [0.2, 0.25) is 0 Å². The molecule has 0 bridgehead atoms. The highest BCUT2D eigenvalue weighted by molar-refractivity contribution is 6.01. The smallest absolute Gasteiger partial charge is 0.319 e. The molecule has 4 aromatic rings. The molecule has 2 N–H and O–H groups in total. The Bertz CT molecular complexity index is 2020. The molecule has 10 nitrogen and oxygen atoms in total. The van der Waals surface area contributed by atoms with Gasteiger partial charge in [-0.05, 0) is 113 Å². The van der Waals surface area contributed by atoms with Crippen LogP contribution >= 0.6 is 0 Å². The molecule has 1 saturated carbocycles. The lowest BCUT2D eigenvalue weighted by Crippen LogP contribution is -2.53. The minimum Gasteiger partial charge on any atom is -0.508 e. The van der Waals surface area contributed by atoms with Crippen LogP contribution < -0.4 is 9.64 Å². The van der Waals surface area contributed by atoms with Crippen molar-refractivity contribution in [2.75, 3.05) is 50.9 Å². The van der Waals surface area contributed by atoms with E-state index < -0.39 is 17.2 Å². The Labute approximate surface area is 315 Å². The number of nitrogens with zero attached hydrogens (tertiary/aromatic N) is 5. The van der Waals surface area contributed by atoms with Gasteiger partial charge in [0.15, 0.2) is 5.82 Å². The molecule has 12 heteroatoms. The summed E-state index contributed by atoms with van der Waals surface area (Å²) in [4.78, 5) is 18.8. The van der Waals surface area contributed by atoms with Gasteiger partial charge in [-0.25, -0.2) is 8.78 Å². The van der Waals surface area contributed by atoms with E-state index in [-0.39, 0.29) is 59.3 Å². The molecule has 3 saturated heterocycles. The van der Waals surface area contributed by atoms with E-state index in [9.17, 15) is 10.2 Å². The Morgan fingerprint density at radius 3 is 2.65 bits per heavy atom. The molecule has 5 heterocycles. The standard InChI is InChI=1S/C42H53F2N5O5/c1-5-30-33(43)10-9-28-18-29(50)19-31(35(28)30)37-36(44)38-32(20-45-37)39(49-14-15-52-23-41(4,51)22-49)47-40(46-38)53-24-42-11-6-8-34(42)48(13-7-12-42)21-27-16-25(2)54-26(3)17-27/h9-10,18-20,25-27,34,50-51H,5-8,11-17,21-24H2,1-4H3/t25-,26+,27?,34-,41+,42-/m1/s1. The second-order valence-corrected chi connectivity index (χ2v) is 16.7. The van der Waals surface area contributed by atoms with Gasteiger partial charge >= 0.3 is 6.01 Å². The van der Waals surface area contributed by atoms with E-state index in [1.165, 1.54) is 18.3 Å². The first-order valence-corrected chi connectivity index (χ1v) is 19.8. The molecule has 6 atom stereocenters. The number of pyridine rings is 1. The first-order chi connectivity index (χ1) is 25.9. The van der Waals surface area contributed by atoms with Crippen LogP contribution in [0, 0.1) is 23.0 Å². The Morgan fingerprint density at radius 2 is 1.85 bits per heavy atom. The lowest BCUT2D eigenvalue weighted by molar-refractivity contribution is -0.0697. The van der Waals surface area contributed by atoms with Gasteiger partial charge in [-0.3, -0.25) is 9.88 Å². The van der Waals surface area contributed by atoms with Crippen molar-refractivity contribution >= 4 is 27.5 Å². The third-order valence-corrected chi connectivity index (χ3v) is 12.4. The summed E-state index contributed by atoms with van der Waals surface area (Å²) in [6.45, 7) is 11.6. The van der Waals surface area contributed by atoms with Crippen molar-refractivity contribution in [1.29, 1.82) is 0 Å². The van der Waals surface area contributed by atoms with Crippen molar-refractivity contribution in [2.45, 2.75) is 103 Å². The summed E-state index contributed by atoms with van der Waals surface area (Å²) in [6.07, 6.45) is 10.0. The highest BCUT2D eigenvalue weighted by Crippen LogP contribution is 2.49. The molecule has 4 fully saturated rings. The third-order valence-electron chi connectivity index (χ3n) is 12.4. The number of likely N-dealkylation sites (tertiary alicyclic amines) is 1. The average molecular weight is 746 g/mol. The lowest BCUT2D eigenvalue weighted by atomic mass is 9.75. The van der Waals surface area contributed by atoms with Gasteiger partial charge < -0.3 is 29.3 Å². The van der Waals surface area contributed by atoms with Crippen LogP contribution in [0.15, 0.2) is 30.5 Å². The van der Waals surface area contributed by atoms with Gasteiger partial charge in [-0.2, -0.15) is 9.97 Å². The van der Waals surface area contributed by atoms with Crippen molar-refractivity contribution in [1.82, 2.24) is 19.9 Å².